The van der Waals surface area contributed by atoms with Gasteiger partial charge in [-0.1, -0.05) is 6.07 Å². The fourth-order valence-electron chi connectivity index (χ4n) is 3.52. The third-order valence-corrected chi connectivity index (χ3v) is 4.81. The molecule has 0 spiro atoms. The van der Waals surface area contributed by atoms with Gasteiger partial charge in [-0.15, -0.1) is 0 Å². The first-order valence-electron chi connectivity index (χ1n) is 8.61. The SMILES string of the molecule is Nc1ncnc2oc(-c3ccc4c(c3)OCO4)c(-c3ccc4c(c3)OCO4)c12. The zero-order valence-corrected chi connectivity index (χ0v) is 14.5. The molecule has 0 saturated carbocycles. The molecule has 6 rings (SSSR count). The van der Waals surface area contributed by atoms with Crippen molar-refractivity contribution >= 4 is 16.9 Å². The molecule has 0 atom stereocenters. The molecule has 4 aromatic rings. The van der Waals surface area contributed by atoms with Crippen LogP contribution in [0.25, 0.3) is 33.6 Å². The number of hydrogen-bond donors (Lipinski definition) is 1. The Morgan fingerprint density at radius 3 is 2.14 bits per heavy atom. The molecule has 28 heavy (non-hydrogen) atoms. The lowest BCUT2D eigenvalue weighted by molar-refractivity contribution is 0.173. The van der Waals surface area contributed by atoms with E-state index in [1.165, 1.54) is 6.33 Å². The number of nitrogens with zero attached hydrogens (tertiary/aromatic N) is 2. The van der Waals surface area contributed by atoms with Crippen molar-refractivity contribution in [2.75, 3.05) is 19.3 Å². The predicted molar refractivity (Wildman–Crippen MR) is 99.3 cm³/mol. The first kappa shape index (κ1) is 15.2. The van der Waals surface area contributed by atoms with Gasteiger partial charge in [0.1, 0.15) is 17.9 Å². The van der Waals surface area contributed by atoms with Crippen LogP contribution in [0.4, 0.5) is 5.82 Å². The summed E-state index contributed by atoms with van der Waals surface area (Å²) < 4.78 is 28.0. The van der Waals surface area contributed by atoms with Gasteiger partial charge in [0.05, 0.1) is 5.39 Å². The fraction of sp³-hybridized carbons (Fsp3) is 0.100. The molecule has 2 aromatic carbocycles. The van der Waals surface area contributed by atoms with Crippen molar-refractivity contribution in [3.8, 4) is 45.4 Å². The highest BCUT2D eigenvalue weighted by Crippen LogP contribution is 2.46. The van der Waals surface area contributed by atoms with Crippen LogP contribution in [0.15, 0.2) is 47.1 Å². The van der Waals surface area contributed by atoms with Crippen LogP contribution in [-0.4, -0.2) is 23.6 Å². The monoisotopic (exact) mass is 375 g/mol. The molecule has 0 unspecified atom stereocenters. The maximum Gasteiger partial charge on any atom is 0.232 e. The van der Waals surface area contributed by atoms with Crippen LogP contribution in [0.5, 0.6) is 23.0 Å². The molecule has 0 bridgehead atoms. The first-order valence-corrected chi connectivity index (χ1v) is 8.61. The zero-order valence-electron chi connectivity index (χ0n) is 14.5. The third kappa shape index (κ3) is 2.11. The maximum atomic E-state index is 6.18. The Bertz CT molecular complexity index is 1250. The van der Waals surface area contributed by atoms with E-state index in [2.05, 4.69) is 9.97 Å². The van der Waals surface area contributed by atoms with Gasteiger partial charge in [0, 0.05) is 11.1 Å². The van der Waals surface area contributed by atoms with Gasteiger partial charge in [-0.05, 0) is 35.9 Å². The molecule has 0 aliphatic carbocycles. The molecule has 0 saturated heterocycles. The van der Waals surface area contributed by atoms with Crippen molar-refractivity contribution in [1.82, 2.24) is 9.97 Å². The van der Waals surface area contributed by atoms with E-state index >= 15 is 0 Å². The molecule has 2 N–H and O–H groups in total. The summed E-state index contributed by atoms with van der Waals surface area (Å²) in [6, 6.07) is 11.3. The minimum absolute atomic E-state index is 0.200. The molecule has 2 aromatic heterocycles. The number of nitrogens with two attached hydrogens (primary N) is 1. The third-order valence-electron chi connectivity index (χ3n) is 4.81. The van der Waals surface area contributed by atoms with Crippen LogP contribution in [0.2, 0.25) is 0 Å². The normalized spacial score (nSPS) is 14.0. The zero-order chi connectivity index (χ0) is 18.7. The lowest BCUT2D eigenvalue weighted by Crippen LogP contribution is -1.93. The van der Waals surface area contributed by atoms with E-state index in [-0.39, 0.29) is 13.6 Å². The van der Waals surface area contributed by atoms with Crippen LogP contribution in [0, 0.1) is 0 Å². The number of anilines is 1. The fourth-order valence-corrected chi connectivity index (χ4v) is 3.52. The second-order valence-electron chi connectivity index (χ2n) is 6.38. The highest BCUT2D eigenvalue weighted by molar-refractivity contribution is 6.05. The predicted octanol–water partition coefficient (Wildman–Crippen LogP) is 3.60. The van der Waals surface area contributed by atoms with Crippen molar-refractivity contribution in [2.24, 2.45) is 0 Å². The van der Waals surface area contributed by atoms with Gasteiger partial charge in [-0.3, -0.25) is 0 Å². The largest absolute Gasteiger partial charge is 0.454 e. The van der Waals surface area contributed by atoms with Gasteiger partial charge in [-0.2, -0.15) is 0 Å². The van der Waals surface area contributed by atoms with Crippen LogP contribution < -0.4 is 24.7 Å². The molecule has 0 radical (unpaired) electrons. The van der Waals surface area contributed by atoms with Crippen molar-refractivity contribution in [3.63, 3.8) is 0 Å². The summed E-state index contributed by atoms with van der Waals surface area (Å²) in [5.41, 5.74) is 9.04. The van der Waals surface area contributed by atoms with E-state index in [0.29, 0.717) is 45.7 Å². The summed E-state index contributed by atoms with van der Waals surface area (Å²) in [4.78, 5) is 8.39. The number of rotatable bonds is 2. The number of hydrogen-bond acceptors (Lipinski definition) is 8. The molecule has 8 heteroatoms. The number of fused-ring (bicyclic) bond motifs is 3. The van der Waals surface area contributed by atoms with E-state index < -0.39 is 0 Å². The second kappa shape index (κ2) is 5.53. The molecule has 2 aliphatic rings. The maximum absolute atomic E-state index is 6.18. The van der Waals surface area contributed by atoms with Crippen LogP contribution >= 0.6 is 0 Å². The Balaban J connectivity index is 1.63. The van der Waals surface area contributed by atoms with Crippen molar-refractivity contribution < 1.29 is 23.4 Å². The number of aromatic nitrogens is 2. The molecular weight excluding hydrogens is 362 g/mol. The average Bonchev–Trinajstić information content (AvgIpc) is 3.44. The second-order valence-corrected chi connectivity index (χ2v) is 6.38. The number of ether oxygens (including phenoxy) is 4. The summed E-state index contributed by atoms with van der Waals surface area (Å²) in [5, 5.41) is 0.647. The number of nitrogen functional groups attached to an aromatic ring is 1. The van der Waals surface area contributed by atoms with Gasteiger partial charge in [0.25, 0.3) is 0 Å². The lowest BCUT2D eigenvalue weighted by atomic mass is 9.98. The van der Waals surface area contributed by atoms with Gasteiger partial charge in [-0.25, -0.2) is 9.97 Å². The van der Waals surface area contributed by atoms with E-state index in [0.717, 1.165) is 16.7 Å². The van der Waals surface area contributed by atoms with Gasteiger partial charge < -0.3 is 29.1 Å². The minimum atomic E-state index is 0.200. The highest BCUT2D eigenvalue weighted by atomic mass is 16.7. The Morgan fingerprint density at radius 2 is 1.39 bits per heavy atom. The molecule has 0 amide bonds. The molecule has 138 valence electrons. The smallest absolute Gasteiger partial charge is 0.232 e. The van der Waals surface area contributed by atoms with E-state index in [1.54, 1.807) is 0 Å². The van der Waals surface area contributed by atoms with Crippen LogP contribution in [0.1, 0.15) is 0 Å². The van der Waals surface area contributed by atoms with Gasteiger partial charge in [0.15, 0.2) is 23.0 Å². The van der Waals surface area contributed by atoms with Crippen LogP contribution in [0.3, 0.4) is 0 Å². The summed E-state index contributed by atoms with van der Waals surface area (Å²) in [6.07, 6.45) is 1.38. The average molecular weight is 375 g/mol. The lowest BCUT2D eigenvalue weighted by Gasteiger charge is -2.07. The van der Waals surface area contributed by atoms with Crippen molar-refractivity contribution in [2.45, 2.75) is 0 Å². The summed E-state index contributed by atoms with van der Waals surface area (Å²) in [6.45, 7) is 0.400. The van der Waals surface area contributed by atoms with Crippen LogP contribution in [-0.2, 0) is 0 Å². The summed E-state index contributed by atoms with van der Waals surface area (Å²) in [5.74, 6) is 3.68. The summed E-state index contributed by atoms with van der Waals surface area (Å²) >= 11 is 0. The molecule has 0 fully saturated rings. The van der Waals surface area contributed by atoms with E-state index in [4.69, 9.17) is 29.1 Å². The Kier molecular flexibility index (Phi) is 2.99. The van der Waals surface area contributed by atoms with Crippen molar-refractivity contribution in [3.05, 3.63) is 42.7 Å². The number of benzene rings is 2. The first-order chi connectivity index (χ1) is 13.8. The molecule has 8 nitrogen and oxygen atoms in total. The van der Waals surface area contributed by atoms with E-state index in [9.17, 15) is 0 Å². The quantitative estimate of drug-likeness (QED) is 0.567. The van der Waals surface area contributed by atoms with Gasteiger partial charge >= 0.3 is 0 Å². The highest BCUT2D eigenvalue weighted by Gasteiger charge is 2.25. The topological polar surface area (TPSA) is 102 Å². The summed E-state index contributed by atoms with van der Waals surface area (Å²) in [7, 11) is 0. The standard InChI is InChI=1S/C20H13N3O5/c21-19-17-16(10-1-3-12-14(5-10)26-8-24-12)18(28-20(17)23-7-22-19)11-2-4-13-15(6-11)27-9-25-13/h1-7H,8-9H2,(H2,21,22,23). The number of furan rings is 1. The Labute approximate surface area is 158 Å². The minimum Gasteiger partial charge on any atom is -0.454 e. The molecule has 2 aliphatic heterocycles. The molecule has 4 heterocycles. The van der Waals surface area contributed by atoms with E-state index in [1.807, 2.05) is 36.4 Å². The van der Waals surface area contributed by atoms with Gasteiger partial charge in [0.2, 0.25) is 19.3 Å². The Hall–Kier alpha value is -3.94. The van der Waals surface area contributed by atoms with Crippen molar-refractivity contribution in [1.29, 1.82) is 0 Å². The Morgan fingerprint density at radius 1 is 0.750 bits per heavy atom. The molecular formula is C20H13N3O5.